The highest BCUT2D eigenvalue weighted by Gasteiger charge is 2.28. The van der Waals surface area contributed by atoms with Crippen LogP contribution in [0.2, 0.25) is 0 Å². The lowest BCUT2D eigenvalue weighted by Gasteiger charge is -2.26. The minimum absolute atomic E-state index is 0.0738. The van der Waals surface area contributed by atoms with Gasteiger partial charge in [-0.25, -0.2) is 0 Å². The molecule has 0 aliphatic heterocycles. The number of hydrogen-bond donors (Lipinski definition) is 0. The van der Waals surface area contributed by atoms with Gasteiger partial charge in [-0.1, -0.05) is 39.5 Å². The molecule has 2 saturated carbocycles. The van der Waals surface area contributed by atoms with E-state index in [4.69, 9.17) is 18.9 Å². The Balaban J connectivity index is 0.000000230. The van der Waals surface area contributed by atoms with Gasteiger partial charge >= 0.3 is 11.9 Å². The van der Waals surface area contributed by atoms with E-state index in [1.165, 1.54) is 25.7 Å². The molecule has 6 nitrogen and oxygen atoms in total. The second-order valence-corrected chi connectivity index (χ2v) is 11.7. The standard InChI is InChI=1S/2C18H26O3/c2*1-3-5-14-6-8-15(9-7-14)18(19)21-17-12-10-16(11-13-17)20-4-2/h2*10-15H,3-9H2,1-2H3. The van der Waals surface area contributed by atoms with Gasteiger partial charge in [0, 0.05) is 0 Å². The Morgan fingerprint density at radius 3 is 1.12 bits per heavy atom. The zero-order valence-electron chi connectivity index (χ0n) is 26.3. The van der Waals surface area contributed by atoms with Crippen LogP contribution in [0.4, 0.5) is 0 Å². The van der Waals surface area contributed by atoms with E-state index in [1.54, 1.807) is 24.3 Å². The topological polar surface area (TPSA) is 71.1 Å². The fourth-order valence-corrected chi connectivity index (χ4v) is 6.13. The summed E-state index contributed by atoms with van der Waals surface area (Å²) in [6.45, 7) is 9.63. The van der Waals surface area contributed by atoms with Crippen molar-refractivity contribution in [2.45, 2.75) is 105 Å². The number of benzene rings is 2. The van der Waals surface area contributed by atoms with Crippen LogP contribution < -0.4 is 18.9 Å². The van der Waals surface area contributed by atoms with Crippen molar-refractivity contribution in [3.63, 3.8) is 0 Å². The van der Waals surface area contributed by atoms with Crippen LogP contribution in [-0.4, -0.2) is 25.2 Å². The lowest BCUT2D eigenvalue weighted by atomic mass is 9.80. The molecule has 2 fully saturated rings. The Morgan fingerprint density at radius 1 is 0.524 bits per heavy atom. The molecule has 0 atom stereocenters. The van der Waals surface area contributed by atoms with Gasteiger partial charge in [0.1, 0.15) is 23.0 Å². The third-order valence-corrected chi connectivity index (χ3v) is 8.46. The lowest BCUT2D eigenvalue weighted by molar-refractivity contribution is -0.141. The van der Waals surface area contributed by atoms with Gasteiger partial charge in [-0.2, -0.15) is 0 Å². The molecule has 0 saturated heterocycles. The van der Waals surface area contributed by atoms with Gasteiger partial charge in [0.25, 0.3) is 0 Å². The van der Waals surface area contributed by atoms with Crippen molar-refractivity contribution in [3.8, 4) is 23.0 Å². The summed E-state index contributed by atoms with van der Waals surface area (Å²) in [5.74, 6) is 4.44. The lowest BCUT2D eigenvalue weighted by Crippen LogP contribution is -2.25. The summed E-state index contributed by atoms with van der Waals surface area (Å²) in [5.41, 5.74) is 0. The smallest absolute Gasteiger partial charge is 0.314 e. The average molecular weight is 581 g/mol. The molecule has 0 bridgehead atoms. The van der Waals surface area contributed by atoms with Crippen molar-refractivity contribution in [3.05, 3.63) is 48.5 Å². The zero-order chi connectivity index (χ0) is 30.2. The maximum atomic E-state index is 12.2. The van der Waals surface area contributed by atoms with Crippen LogP contribution in [0.25, 0.3) is 0 Å². The van der Waals surface area contributed by atoms with E-state index >= 15 is 0 Å². The zero-order valence-corrected chi connectivity index (χ0v) is 26.3. The number of hydrogen-bond acceptors (Lipinski definition) is 6. The maximum absolute atomic E-state index is 12.2. The monoisotopic (exact) mass is 580 g/mol. The fourth-order valence-electron chi connectivity index (χ4n) is 6.13. The van der Waals surface area contributed by atoms with Crippen molar-refractivity contribution in [2.75, 3.05) is 13.2 Å². The predicted molar refractivity (Wildman–Crippen MR) is 167 cm³/mol. The van der Waals surface area contributed by atoms with Crippen LogP contribution in [0.3, 0.4) is 0 Å². The number of esters is 2. The van der Waals surface area contributed by atoms with E-state index < -0.39 is 0 Å². The van der Waals surface area contributed by atoms with E-state index in [0.717, 1.165) is 74.7 Å². The summed E-state index contributed by atoms with van der Waals surface area (Å²) in [6, 6.07) is 14.5. The Bertz CT molecular complexity index is 946. The first-order valence-corrected chi connectivity index (χ1v) is 16.3. The molecule has 4 rings (SSSR count). The molecule has 0 unspecified atom stereocenters. The summed E-state index contributed by atoms with van der Waals surface area (Å²) >= 11 is 0. The molecule has 0 amide bonds. The van der Waals surface area contributed by atoms with E-state index in [1.807, 2.05) is 38.1 Å². The van der Waals surface area contributed by atoms with Crippen molar-refractivity contribution >= 4 is 11.9 Å². The Labute approximate surface area is 253 Å². The Hall–Kier alpha value is -3.02. The Kier molecular flexibility index (Phi) is 14.8. The Morgan fingerprint density at radius 2 is 0.833 bits per heavy atom. The van der Waals surface area contributed by atoms with Gasteiger partial charge in [0.05, 0.1) is 25.0 Å². The second kappa shape index (κ2) is 18.5. The molecular formula is C36H52O6. The van der Waals surface area contributed by atoms with Crippen molar-refractivity contribution in [1.29, 1.82) is 0 Å². The first-order valence-electron chi connectivity index (χ1n) is 16.3. The molecule has 2 aliphatic rings. The molecule has 0 aromatic heterocycles. The highest BCUT2D eigenvalue weighted by atomic mass is 16.5. The van der Waals surface area contributed by atoms with E-state index in [2.05, 4.69) is 13.8 Å². The molecule has 0 radical (unpaired) electrons. The van der Waals surface area contributed by atoms with Gasteiger partial charge in [-0.15, -0.1) is 0 Å². The van der Waals surface area contributed by atoms with Crippen molar-refractivity contribution in [1.82, 2.24) is 0 Å². The van der Waals surface area contributed by atoms with Crippen molar-refractivity contribution < 1.29 is 28.5 Å². The van der Waals surface area contributed by atoms with Crippen LogP contribution in [-0.2, 0) is 9.59 Å². The van der Waals surface area contributed by atoms with Gasteiger partial charge in [0.2, 0.25) is 0 Å². The summed E-state index contributed by atoms with van der Waals surface area (Å²) in [4.78, 5) is 24.4. The quantitative estimate of drug-likeness (QED) is 0.184. The largest absolute Gasteiger partial charge is 0.494 e. The number of carbonyl (C=O) groups excluding carboxylic acids is 2. The van der Waals surface area contributed by atoms with E-state index in [-0.39, 0.29) is 23.8 Å². The van der Waals surface area contributed by atoms with E-state index in [0.29, 0.717) is 24.7 Å². The van der Waals surface area contributed by atoms with Gasteiger partial charge in [-0.05, 0) is 126 Å². The van der Waals surface area contributed by atoms with Crippen LogP contribution >= 0.6 is 0 Å². The van der Waals surface area contributed by atoms with Crippen LogP contribution in [0, 0.1) is 23.7 Å². The summed E-state index contributed by atoms with van der Waals surface area (Å²) in [5, 5.41) is 0. The van der Waals surface area contributed by atoms with Gasteiger partial charge < -0.3 is 18.9 Å². The first kappa shape index (κ1) is 33.5. The highest BCUT2D eigenvalue weighted by molar-refractivity contribution is 5.75. The molecule has 2 aromatic rings. The molecule has 2 aromatic carbocycles. The minimum atomic E-state index is -0.0749. The molecule has 0 heterocycles. The normalized spacial score (nSPS) is 21.8. The molecule has 0 spiro atoms. The molecule has 0 N–H and O–H groups in total. The third kappa shape index (κ3) is 11.3. The molecule has 2 aliphatic carbocycles. The fraction of sp³-hybridized carbons (Fsp3) is 0.611. The van der Waals surface area contributed by atoms with Gasteiger partial charge in [0.15, 0.2) is 0 Å². The maximum Gasteiger partial charge on any atom is 0.314 e. The summed E-state index contributed by atoms with van der Waals surface area (Å²) < 4.78 is 21.7. The SMILES string of the molecule is CCCC1CCC(C(=O)Oc2ccc(OCC)cc2)CC1.CCCC1CCC(C(=O)Oc2ccc(OCC)cc2)CC1. The van der Waals surface area contributed by atoms with Crippen LogP contribution in [0.15, 0.2) is 48.5 Å². The van der Waals surface area contributed by atoms with Crippen LogP contribution in [0.1, 0.15) is 105 Å². The van der Waals surface area contributed by atoms with Crippen LogP contribution in [0.5, 0.6) is 23.0 Å². The average Bonchev–Trinajstić information content (AvgIpc) is 3.01. The van der Waals surface area contributed by atoms with Crippen molar-refractivity contribution in [2.24, 2.45) is 23.7 Å². The summed E-state index contributed by atoms with van der Waals surface area (Å²) in [6.07, 6.45) is 13.6. The molecule has 6 heteroatoms. The predicted octanol–water partition coefficient (Wildman–Crippen LogP) is 9.19. The number of ether oxygens (including phenoxy) is 4. The number of rotatable bonds is 12. The first-order chi connectivity index (χ1) is 20.4. The molecular weight excluding hydrogens is 528 g/mol. The number of carbonyl (C=O) groups is 2. The van der Waals surface area contributed by atoms with Gasteiger partial charge in [-0.3, -0.25) is 9.59 Å². The second-order valence-electron chi connectivity index (χ2n) is 11.7. The highest BCUT2D eigenvalue weighted by Crippen LogP contribution is 2.34. The molecule has 42 heavy (non-hydrogen) atoms. The minimum Gasteiger partial charge on any atom is -0.494 e. The van der Waals surface area contributed by atoms with E-state index in [9.17, 15) is 9.59 Å². The summed E-state index contributed by atoms with van der Waals surface area (Å²) in [7, 11) is 0. The molecule has 232 valence electrons. The third-order valence-electron chi connectivity index (χ3n) is 8.46.